The van der Waals surface area contributed by atoms with Gasteiger partial charge in [-0.15, -0.1) is 0 Å². The molecule has 5 amide bonds. The largest absolute Gasteiger partial charge is 0.444 e. The third-order valence-corrected chi connectivity index (χ3v) is 10.6. The van der Waals surface area contributed by atoms with Crippen molar-refractivity contribution in [2.45, 2.75) is 134 Å². The van der Waals surface area contributed by atoms with Crippen LogP contribution in [0.25, 0.3) is 0 Å². The zero-order valence-corrected chi connectivity index (χ0v) is 34.5. The topological polar surface area (TPSA) is 175 Å². The van der Waals surface area contributed by atoms with Gasteiger partial charge in [0, 0.05) is 38.7 Å². The minimum absolute atomic E-state index is 0.0404. The Morgan fingerprint density at radius 1 is 0.983 bits per heavy atom. The van der Waals surface area contributed by atoms with E-state index in [-0.39, 0.29) is 30.6 Å². The number of hydrogen-bond donors (Lipinski definition) is 4. The molecule has 17 heteroatoms. The lowest BCUT2D eigenvalue weighted by Crippen LogP contribution is -2.59. The van der Waals surface area contributed by atoms with E-state index in [4.69, 9.17) is 9.47 Å². The van der Waals surface area contributed by atoms with E-state index in [0.717, 1.165) is 19.3 Å². The van der Waals surface area contributed by atoms with Crippen molar-refractivity contribution in [2.24, 2.45) is 11.8 Å². The fourth-order valence-corrected chi connectivity index (χ4v) is 8.01. The Hall–Kier alpha value is -4.67. The van der Waals surface area contributed by atoms with Gasteiger partial charge in [0.05, 0.1) is 24.3 Å². The minimum Gasteiger partial charge on any atom is -0.444 e. The van der Waals surface area contributed by atoms with Gasteiger partial charge in [0.1, 0.15) is 23.7 Å². The summed E-state index contributed by atoms with van der Waals surface area (Å²) in [6.07, 6.45) is -4.40. The van der Waals surface area contributed by atoms with Crippen molar-refractivity contribution in [3.05, 3.63) is 48.2 Å². The molecule has 0 bridgehead atoms. The third-order valence-electron chi connectivity index (χ3n) is 10.6. The monoisotopic (exact) mass is 820 g/mol. The highest BCUT2D eigenvalue weighted by Crippen LogP contribution is 2.43. The van der Waals surface area contributed by atoms with Crippen LogP contribution in [0.3, 0.4) is 0 Å². The van der Waals surface area contributed by atoms with Crippen LogP contribution in [0, 0.1) is 11.8 Å². The van der Waals surface area contributed by atoms with Gasteiger partial charge in [-0.25, -0.2) is 4.79 Å². The van der Waals surface area contributed by atoms with Crippen molar-refractivity contribution in [1.29, 1.82) is 0 Å². The van der Waals surface area contributed by atoms with Crippen molar-refractivity contribution >= 4 is 35.5 Å². The number of amides is 5. The number of ether oxygens (including phenoxy) is 2. The Labute approximate surface area is 338 Å². The quantitative estimate of drug-likeness (QED) is 0.188. The third kappa shape index (κ3) is 12.7. The Bertz CT molecular complexity index is 1680. The van der Waals surface area contributed by atoms with E-state index in [1.54, 1.807) is 65.2 Å². The number of hydrogen-bond acceptors (Lipinski definition) is 9. The summed E-state index contributed by atoms with van der Waals surface area (Å²) in [5.74, 6) is -5.31. The summed E-state index contributed by atoms with van der Waals surface area (Å²) in [7, 11) is 3.13. The smallest absolute Gasteiger partial charge is 0.408 e. The summed E-state index contributed by atoms with van der Waals surface area (Å²) in [6, 6.07) is 3.53. The summed E-state index contributed by atoms with van der Waals surface area (Å²) >= 11 is 0. The number of rotatable bonds is 15. The standard InChI is InChI=1S/C41H59F3N6O8/c1-24(46-30(36(54)49(7)8)25-15-11-9-12-16-25)22-45-35(53)33(51)28(19-20-41(42,43)44)47-34(52)32-27-21-40(5,6)57-29(27)23-50(32)37(55)31(26-17-13-10-14-18-26)48-38(56)58-39(2,3)4/h9,11-12,15-16,26-32,46H,1,10,13-14,17-23H2,2-8H3,(H,45,53)(H,47,52)(H,48,56)/t27-,28?,29-,30-,31-,32-/m0/s1. The molecule has 0 radical (unpaired) electrons. The van der Waals surface area contributed by atoms with Gasteiger partial charge >= 0.3 is 12.3 Å². The molecule has 4 N–H and O–H groups in total. The molecule has 6 atom stereocenters. The van der Waals surface area contributed by atoms with E-state index >= 15 is 0 Å². The second kappa shape index (κ2) is 18.9. The highest BCUT2D eigenvalue weighted by molar-refractivity contribution is 6.38. The maximum atomic E-state index is 14.5. The van der Waals surface area contributed by atoms with Gasteiger partial charge in [0.15, 0.2) is 0 Å². The SMILES string of the molecule is C=C(CNC(=O)C(=O)C(CCC(F)(F)F)NC(=O)[C@@H]1[C@H]2CC(C)(C)O[C@H]2CN1C(=O)[C@@H](NC(=O)OC(C)(C)C)C1CCCCC1)N[C@H](C(=O)N(C)C)c1ccccc1. The van der Waals surface area contributed by atoms with E-state index in [0.29, 0.717) is 24.8 Å². The second-order valence-electron chi connectivity index (χ2n) is 17.3. The van der Waals surface area contributed by atoms with E-state index < -0.39 is 96.0 Å². The molecule has 1 unspecified atom stereocenters. The zero-order valence-electron chi connectivity index (χ0n) is 34.5. The summed E-state index contributed by atoms with van der Waals surface area (Å²) in [5, 5.41) is 10.4. The van der Waals surface area contributed by atoms with Crippen LogP contribution >= 0.6 is 0 Å². The van der Waals surface area contributed by atoms with Crippen LogP contribution < -0.4 is 21.3 Å². The number of carbonyl (C=O) groups excluding carboxylic acids is 6. The molecule has 3 aliphatic rings. The van der Waals surface area contributed by atoms with Crippen LogP contribution in [-0.2, 0) is 33.4 Å². The normalized spacial score (nSPS) is 22.1. The highest BCUT2D eigenvalue weighted by atomic mass is 19.4. The average Bonchev–Trinajstić information content (AvgIpc) is 3.63. The van der Waals surface area contributed by atoms with Gasteiger partial charge in [-0.2, -0.15) is 13.2 Å². The molecule has 0 spiro atoms. The van der Waals surface area contributed by atoms with Crippen molar-refractivity contribution in [1.82, 2.24) is 31.1 Å². The number of fused-ring (bicyclic) bond motifs is 1. The van der Waals surface area contributed by atoms with Crippen LogP contribution in [-0.4, -0.2) is 114 Å². The van der Waals surface area contributed by atoms with E-state index in [1.165, 1.54) is 9.80 Å². The fourth-order valence-electron chi connectivity index (χ4n) is 8.01. The van der Waals surface area contributed by atoms with Crippen LogP contribution in [0.15, 0.2) is 42.6 Å². The Balaban J connectivity index is 1.55. The lowest BCUT2D eigenvalue weighted by molar-refractivity contribution is -0.147. The number of benzene rings is 1. The molecule has 4 rings (SSSR count). The molecule has 2 heterocycles. The molecule has 1 aliphatic carbocycles. The van der Waals surface area contributed by atoms with Crippen molar-refractivity contribution in [3.8, 4) is 0 Å². The second-order valence-corrected chi connectivity index (χ2v) is 17.3. The summed E-state index contributed by atoms with van der Waals surface area (Å²) in [5.41, 5.74) is -0.828. The number of halogens is 3. The predicted molar refractivity (Wildman–Crippen MR) is 208 cm³/mol. The molecule has 0 aromatic heterocycles. The number of alkyl halides is 3. The summed E-state index contributed by atoms with van der Waals surface area (Å²) < 4.78 is 52.4. The molecular weight excluding hydrogens is 761 g/mol. The number of nitrogens with zero attached hydrogens (tertiary/aromatic N) is 2. The molecule has 2 aliphatic heterocycles. The van der Waals surface area contributed by atoms with E-state index in [2.05, 4.69) is 27.8 Å². The number of nitrogens with one attached hydrogen (secondary N) is 4. The number of alkyl carbamates (subject to hydrolysis) is 1. The van der Waals surface area contributed by atoms with E-state index in [1.807, 2.05) is 13.8 Å². The first-order valence-corrected chi connectivity index (χ1v) is 19.8. The van der Waals surface area contributed by atoms with Crippen LogP contribution in [0.4, 0.5) is 18.0 Å². The van der Waals surface area contributed by atoms with Crippen LogP contribution in [0.5, 0.6) is 0 Å². The highest BCUT2D eigenvalue weighted by Gasteiger charge is 2.56. The van der Waals surface area contributed by atoms with Gasteiger partial charge in [0.2, 0.25) is 23.5 Å². The van der Waals surface area contributed by atoms with Gasteiger partial charge in [0.25, 0.3) is 5.91 Å². The molecular formula is C41H59F3N6O8. The number of Topliss-reactive ketones (excluding diaryl/α,β-unsaturated/α-hetero) is 1. The van der Waals surface area contributed by atoms with Crippen molar-refractivity contribution in [2.75, 3.05) is 27.2 Å². The van der Waals surface area contributed by atoms with Gasteiger partial charge in [-0.3, -0.25) is 24.0 Å². The first kappa shape index (κ1) is 46.0. The lowest BCUT2D eigenvalue weighted by Gasteiger charge is -2.36. The molecule has 1 aromatic carbocycles. The van der Waals surface area contributed by atoms with Gasteiger partial charge < -0.3 is 40.5 Å². The minimum atomic E-state index is -4.73. The Morgan fingerprint density at radius 3 is 2.21 bits per heavy atom. The molecule has 14 nitrogen and oxygen atoms in total. The maximum Gasteiger partial charge on any atom is 0.408 e. The summed E-state index contributed by atoms with van der Waals surface area (Å²) in [4.78, 5) is 84.3. The predicted octanol–water partition coefficient (Wildman–Crippen LogP) is 4.30. The van der Waals surface area contributed by atoms with Crippen molar-refractivity contribution < 1.29 is 51.4 Å². The molecule has 3 fully saturated rings. The molecule has 322 valence electrons. The van der Waals surface area contributed by atoms with Crippen LogP contribution in [0.1, 0.15) is 97.6 Å². The van der Waals surface area contributed by atoms with E-state index in [9.17, 15) is 41.9 Å². The van der Waals surface area contributed by atoms with Crippen molar-refractivity contribution in [3.63, 3.8) is 0 Å². The first-order valence-electron chi connectivity index (χ1n) is 19.8. The molecule has 58 heavy (non-hydrogen) atoms. The number of likely N-dealkylation sites (tertiary alicyclic amines) is 1. The van der Waals surface area contributed by atoms with Gasteiger partial charge in [-0.1, -0.05) is 56.2 Å². The number of carbonyl (C=O) groups is 6. The molecule has 1 aromatic rings. The lowest BCUT2D eigenvalue weighted by atomic mass is 9.83. The Kier molecular flexibility index (Phi) is 15.0. The Morgan fingerprint density at radius 2 is 1.62 bits per heavy atom. The average molecular weight is 821 g/mol. The molecule has 2 saturated heterocycles. The molecule has 1 saturated carbocycles. The zero-order chi connectivity index (χ0) is 43.2. The summed E-state index contributed by atoms with van der Waals surface area (Å²) in [6.45, 7) is 12.1. The fraction of sp³-hybridized carbons (Fsp3) is 0.659. The first-order chi connectivity index (χ1) is 27.0. The van der Waals surface area contributed by atoms with Gasteiger partial charge in [-0.05, 0) is 71.8 Å². The van der Waals surface area contributed by atoms with Crippen LogP contribution in [0.2, 0.25) is 0 Å². The maximum absolute atomic E-state index is 14.5. The number of likely N-dealkylation sites (N-methyl/N-ethyl adjacent to an activating group) is 1. The number of ketones is 1.